The normalized spacial score (nSPS) is 31.0. The van der Waals surface area contributed by atoms with Crippen LogP contribution in [0.1, 0.15) is 78.2 Å². The smallest absolute Gasteiger partial charge is 0.344 e. The zero-order valence-corrected chi connectivity index (χ0v) is 26.0. The SMILES string of the molecule is CC[C@H](C)C[C@H](C)CCC(=O)O[C@@H]1[C@@H](O)[C@@]2(CCCC(=O)C(C)Cc3ccccc3)O[C@H](C(=O)O)[C@@](O)(C(=O)O)[C@]1(C(=O)O)O2. The zero-order valence-electron chi connectivity index (χ0n) is 26.0. The van der Waals surface area contributed by atoms with Gasteiger partial charge < -0.3 is 39.7 Å². The molecule has 1 unspecified atom stereocenters. The molecular formula is C32H44O13. The summed E-state index contributed by atoms with van der Waals surface area (Å²) in [6.45, 7) is 7.74. The average molecular weight is 637 g/mol. The number of carboxylic acid groups (broad SMARTS) is 3. The molecule has 1 aromatic carbocycles. The minimum Gasteiger partial charge on any atom is -0.479 e. The minimum atomic E-state index is -3.83. The number of carbonyl (C=O) groups is 5. The molecule has 13 nitrogen and oxygen atoms in total. The molecule has 0 aromatic heterocycles. The van der Waals surface area contributed by atoms with E-state index in [0.717, 1.165) is 18.4 Å². The van der Waals surface area contributed by atoms with E-state index in [1.807, 2.05) is 44.2 Å². The van der Waals surface area contributed by atoms with E-state index in [1.54, 1.807) is 6.92 Å². The third kappa shape index (κ3) is 7.06. The number of hydrogen-bond acceptors (Lipinski definition) is 10. The first-order valence-electron chi connectivity index (χ1n) is 15.3. The summed E-state index contributed by atoms with van der Waals surface area (Å²) in [5, 5.41) is 52.9. The van der Waals surface area contributed by atoms with E-state index in [9.17, 15) is 49.5 Å². The molecule has 0 radical (unpaired) electrons. The Morgan fingerprint density at radius 3 is 2.16 bits per heavy atom. The van der Waals surface area contributed by atoms with E-state index in [4.69, 9.17) is 14.2 Å². The quantitative estimate of drug-likeness (QED) is 0.156. The lowest BCUT2D eigenvalue weighted by molar-refractivity contribution is -0.374. The van der Waals surface area contributed by atoms with Crippen LogP contribution < -0.4 is 0 Å². The van der Waals surface area contributed by atoms with Crippen molar-refractivity contribution in [2.45, 2.75) is 114 Å². The molecule has 2 bridgehead atoms. The largest absolute Gasteiger partial charge is 0.479 e. The van der Waals surface area contributed by atoms with Gasteiger partial charge in [-0.25, -0.2) is 14.4 Å². The van der Waals surface area contributed by atoms with Gasteiger partial charge in [0.05, 0.1) is 0 Å². The second-order valence-electron chi connectivity index (χ2n) is 12.5. The summed E-state index contributed by atoms with van der Waals surface area (Å²) in [7, 11) is 0. The van der Waals surface area contributed by atoms with Crippen molar-refractivity contribution in [1.29, 1.82) is 0 Å². The molecule has 2 saturated heterocycles. The fourth-order valence-electron chi connectivity index (χ4n) is 6.32. The lowest BCUT2D eigenvalue weighted by atomic mass is 9.74. The van der Waals surface area contributed by atoms with Gasteiger partial charge >= 0.3 is 23.9 Å². The molecule has 3 rings (SSSR count). The van der Waals surface area contributed by atoms with Gasteiger partial charge in [-0.2, -0.15) is 0 Å². The van der Waals surface area contributed by atoms with Crippen LogP contribution in [0.25, 0.3) is 0 Å². The average Bonchev–Trinajstić information content (AvgIpc) is 3.19. The van der Waals surface area contributed by atoms with E-state index in [2.05, 4.69) is 6.92 Å². The van der Waals surface area contributed by atoms with E-state index in [0.29, 0.717) is 18.8 Å². The molecule has 2 heterocycles. The number of fused-ring (bicyclic) bond motifs is 2. The predicted octanol–water partition coefficient (Wildman–Crippen LogP) is 2.58. The second kappa shape index (κ2) is 14.4. The molecule has 1 aromatic rings. The standard InChI is InChI=1S/C32H44O13/c1-5-18(2)16-19(3)13-14-23(34)43-25-24(35)30(15-9-12-22(33)20(4)17-21-10-7-6-8-11-21)44-26(27(36)37)31(42,28(38)39)32(25,45-30)29(40)41/h6-8,10-11,18-20,24-26,35,42H,5,9,12-17H2,1-4H3,(H,36,37)(H,38,39)(H,40,41)/t18-,19+,20?,24+,25+,26+,30-,31+,32-/m0/s1. The van der Waals surface area contributed by atoms with E-state index >= 15 is 0 Å². The van der Waals surface area contributed by atoms with Crippen molar-refractivity contribution in [2.75, 3.05) is 0 Å². The number of carboxylic acids is 3. The van der Waals surface area contributed by atoms with Crippen LogP contribution in [0.2, 0.25) is 0 Å². The molecule has 0 spiro atoms. The predicted molar refractivity (Wildman–Crippen MR) is 156 cm³/mol. The Kier molecular flexibility index (Phi) is 11.5. The van der Waals surface area contributed by atoms with E-state index in [-0.39, 0.29) is 31.0 Å². The number of carbonyl (C=O) groups excluding carboxylic acids is 2. The summed E-state index contributed by atoms with van der Waals surface area (Å²) < 4.78 is 16.4. The number of aliphatic hydroxyl groups is 2. The first kappa shape index (κ1) is 36.1. The van der Waals surface area contributed by atoms with Crippen LogP contribution in [0.4, 0.5) is 0 Å². The summed E-state index contributed by atoms with van der Waals surface area (Å²) in [5.41, 5.74) is -6.37. The highest BCUT2D eigenvalue weighted by atomic mass is 16.8. The highest BCUT2D eigenvalue weighted by Gasteiger charge is 2.85. The summed E-state index contributed by atoms with van der Waals surface area (Å²) in [6.07, 6.45) is -5.75. The van der Waals surface area contributed by atoms with Gasteiger partial charge in [-0.3, -0.25) is 9.59 Å². The number of benzene rings is 1. The fourth-order valence-corrected chi connectivity index (χ4v) is 6.32. The van der Waals surface area contributed by atoms with Crippen molar-refractivity contribution in [1.82, 2.24) is 0 Å². The van der Waals surface area contributed by atoms with Gasteiger partial charge in [0.15, 0.2) is 6.10 Å². The van der Waals surface area contributed by atoms with Gasteiger partial charge in [0.25, 0.3) is 0 Å². The van der Waals surface area contributed by atoms with Crippen molar-refractivity contribution in [3.05, 3.63) is 35.9 Å². The first-order chi connectivity index (χ1) is 21.1. The Labute approximate surface area is 261 Å². The number of aliphatic carboxylic acids is 3. The maximum Gasteiger partial charge on any atom is 0.344 e. The van der Waals surface area contributed by atoms with Gasteiger partial charge in [0, 0.05) is 25.2 Å². The van der Waals surface area contributed by atoms with E-state index < -0.39 is 71.5 Å². The molecule has 2 aliphatic heterocycles. The van der Waals surface area contributed by atoms with Crippen LogP contribution in [0.3, 0.4) is 0 Å². The zero-order chi connectivity index (χ0) is 33.7. The molecular weight excluding hydrogens is 592 g/mol. The van der Waals surface area contributed by atoms with Crippen LogP contribution >= 0.6 is 0 Å². The summed E-state index contributed by atoms with van der Waals surface area (Å²) in [6, 6.07) is 9.27. The highest BCUT2D eigenvalue weighted by molar-refractivity contribution is 5.98. The van der Waals surface area contributed by atoms with Crippen molar-refractivity contribution < 1.29 is 63.7 Å². The van der Waals surface area contributed by atoms with Gasteiger partial charge in [-0.15, -0.1) is 0 Å². The lowest BCUT2D eigenvalue weighted by Crippen LogP contribution is -2.78. The Hall–Kier alpha value is -3.39. The van der Waals surface area contributed by atoms with Crippen molar-refractivity contribution in [2.24, 2.45) is 17.8 Å². The van der Waals surface area contributed by atoms with Crippen LogP contribution in [-0.4, -0.2) is 90.5 Å². The second-order valence-corrected chi connectivity index (χ2v) is 12.5. The molecule has 2 fully saturated rings. The third-order valence-electron chi connectivity index (χ3n) is 9.09. The minimum absolute atomic E-state index is 0.0775. The van der Waals surface area contributed by atoms with Crippen molar-refractivity contribution in [3.63, 3.8) is 0 Å². The molecule has 2 aliphatic rings. The molecule has 0 saturated carbocycles. The molecule has 5 N–H and O–H groups in total. The van der Waals surface area contributed by atoms with E-state index in [1.165, 1.54) is 0 Å². The Morgan fingerprint density at radius 2 is 1.60 bits per heavy atom. The summed E-state index contributed by atoms with van der Waals surface area (Å²) >= 11 is 0. The maximum absolute atomic E-state index is 13.0. The molecule has 250 valence electrons. The Bertz CT molecular complexity index is 1250. The number of esters is 1. The molecule has 9 atom stereocenters. The number of aliphatic hydroxyl groups excluding tert-OH is 1. The van der Waals surface area contributed by atoms with Gasteiger partial charge in [-0.1, -0.05) is 64.4 Å². The number of ether oxygens (including phenoxy) is 3. The lowest BCUT2D eigenvalue weighted by Gasteiger charge is -2.48. The maximum atomic E-state index is 13.0. The van der Waals surface area contributed by atoms with Crippen molar-refractivity contribution >= 4 is 29.7 Å². The van der Waals surface area contributed by atoms with Gasteiger partial charge in [0.1, 0.15) is 11.9 Å². The summed E-state index contributed by atoms with van der Waals surface area (Å²) in [4.78, 5) is 63.3. The van der Waals surface area contributed by atoms with Crippen molar-refractivity contribution in [3.8, 4) is 0 Å². The third-order valence-corrected chi connectivity index (χ3v) is 9.09. The molecule has 13 heteroatoms. The molecule has 0 aliphatic carbocycles. The van der Waals surface area contributed by atoms with Crippen LogP contribution in [0.5, 0.6) is 0 Å². The van der Waals surface area contributed by atoms with Crippen LogP contribution in [0, 0.1) is 17.8 Å². The van der Waals surface area contributed by atoms with Crippen LogP contribution in [0.15, 0.2) is 30.3 Å². The number of ketones is 1. The molecule has 0 amide bonds. The summed E-state index contributed by atoms with van der Waals surface area (Å²) in [5.74, 6) is -10.3. The Morgan fingerprint density at radius 1 is 0.956 bits per heavy atom. The topological polar surface area (TPSA) is 214 Å². The highest BCUT2D eigenvalue weighted by Crippen LogP contribution is 2.55. The fraction of sp³-hybridized carbons (Fsp3) is 0.656. The first-order valence-corrected chi connectivity index (χ1v) is 15.3. The Balaban J connectivity index is 1.89. The number of rotatable bonds is 17. The van der Waals surface area contributed by atoms with Crippen LogP contribution in [-0.2, 0) is 44.6 Å². The monoisotopic (exact) mass is 636 g/mol. The molecule has 45 heavy (non-hydrogen) atoms. The number of Topliss-reactive ketones (excluding diaryl/α,β-unsaturated/α-hetero) is 1. The van der Waals surface area contributed by atoms with Gasteiger partial charge in [0.2, 0.25) is 23.1 Å². The van der Waals surface area contributed by atoms with Gasteiger partial charge in [-0.05, 0) is 43.1 Å². The number of hydrogen-bond donors (Lipinski definition) is 5.